The number of nitrogens with zero attached hydrogens (tertiary/aromatic N) is 1. The van der Waals surface area contributed by atoms with Crippen molar-refractivity contribution >= 4 is 11.6 Å². The van der Waals surface area contributed by atoms with E-state index in [-0.39, 0.29) is 11.6 Å². The standard InChI is InChI=1S/C16H13ClFNO/c17-9-3-4-13-6-7-15(18)16(12-13)20-11-8-14-5-1-2-10-19-14/h1-2,5-7,10,12H,8-9,11H2. The van der Waals surface area contributed by atoms with Gasteiger partial charge in [-0.25, -0.2) is 4.39 Å². The summed E-state index contributed by atoms with van der Waals surface area (Å²) in [5, 5.41) is 0. The summed E-state index contributed by atoms with van der Waals surface area (Å²) in [4.78, 5) is 4.18. The maximum Gasteiger partial charge on any atom is 0.165 e. The van der Waals surface area contributed by atoms with E-state index in [0.717, 1.165) is 5.69 Å². The lowest BCUT2D eigenvalue weighted by atomic mass is 10.2. The van der Waals surface area contributed by atoms with Gasteiger partial charge in [-0.05, 0) is 30.3 Å². The summed E-state index contributed by atoms with van der Waals surface area (Å²) >= 11 is 5.49. The third kappa shape index (κ3) is 4.25. The van der Waals surface area contributed by atoms with Crippen molar-refractivity contribution in [3.05, 3.63) is 59.7 Å². The summed E-state index contributed by atoms with van der Waals surface area (Å²) in [6.07, 6.45) is 2.34. The molecule has 0 bridgehead atoms. The lowest BCUT2D eigenvalue weighted by Crippen LogP contribution is -2.04. The van der Waals surface area contributed by atoms with Gasteiger partial charge in [0.05, 0.1) is 12.5 Å². The van der Waals surface area contributed by atoms with E-state index in [2.05, 4.69) is 16.8 Å². The Morgan fingerprint density at radius 2 is 2.15 bits per heavy atom. The largest absolute Gasteiger partial charge is 0.490 e. The van der Waals surface area contributed by atoms with E-state index < -0.39 is 5.82 Å². The molecule has 2 nitrogen and oxygen atoms in total. The minimum Gasteiger partial charge on any atom is -0.490 e. The van der Waals surface area contributed by atoms with Gasteiger partial charge < -0.3 is 4.74 Å². The molecule has 1 aromatic carbocycles. The Hall–Kier alpha value is -2.05. The molecule has 102 valence electrons. The maximum atomic E-state index is 13.6. The van der Waals surface area contributed by atoms with Gasteiger partial charge >= 0.3 is 0 Å². The Labute approximate surface area is 122 Å². The van der Waals surface area contributed by atoms with Crippen molar-refractivity contribution in [1.29, 1.82) is 0 Å². The zero-order valence-corrected chi connectivity index (χ0v) is 11.5. The van der Waals surface area contributed by atoms with Gasteiger partial charge in [-0.1, -0.05) is 17.9 Å². The number of aromatic nitrogens is 1. The zero-order valence-electron chi connectivity index (χ0n) is 10.8. The molecule has 0 radical (unpaired) electrons. The number of hydrogen-bond donors (Lipinski definition) is 0. The Morgan fingerprint density at radius 1 is 1.25 bits per heavy atom. The minimum absolute atomic E-state index is 0.197. The quantitative estimate of drug-likeness (QED) is 0.635. The molecule has 2 aromatic rings. The van der Waals surface area contributed by atoms with E-state index in [0.29, 0.717) is 18.6 Å². The fourth-order valence-electron chi connectivity index (χ4n) is 1.64. The van der Waals surface area contributed by atoms with Crippen molar-refractivity contribution < 1.29 is 9.13 Å². The first-order valence-corrected chi connectivity index (χ1v) is 6.70. The van der Waals surface area contributed by atoms with Crippen LogP contribution in [0.25, 0.3) is 0 Å². The normalized spacial score (nSPS) is 9.70. The van der Waals surface area contributed by atoms with Crippen molar-refractivity contribution in [2.45, 2.75) is 6.42 Å². The van der Waals surface area contributed by atoms with Gasteiger partial charge in [0.25, 0.3) is 0 Å². The molecule has 0 aliphatic heterocycles. The first-order chi connectivity index (χ1) is 9.79. The summed E-state index contributed by atoms with van der Waals surface area (Å²) in [6, 6.07) is 10.2. The van der Waals surface area contributed by atoms with E-state index >= 15 is 0 Å². The Bertz CT molecular complexity index is 619. The highest BCUT2D eigenvalue weighted by Gasteiger charge is 2.04. The van der Waals surface area contributed by atoms with E-state index in [1.54, 1.807) is 18.3 Å². The summed E-state index contributed by atoms with van der Waals surface area (Å²) in [5.41, 5.74) is 1.59. The Balaban J connectivity index is 1.98. The molecule has 0 N–H and O–H groups in total. The SMILES string of the molecule is Fc1ccc(C#CCCl)cc1OCCc1ccccn1. The van der Waals surface area contributed by atoms with Crippen LogP contribution in [0.5, 0.6) is 5.75 Å². The molecule has 1 heterocycles. The van der Waals surface area contributed by atoms with Crippen LogP contribution in [-0.2, 0) is 6.42 Å². The van der Waals surface area contributed by atoms with Crippen molar-refractivity contribution in [2.75, 3.05) is 12.5 Å². The average molecular weight is 290 g/mol. The van der Waals surface area contributed by atoms with Crippen molar-refractivity contribution in [3.8, 4) is 17.6 Å². The first kappa shape index (κ1) is 14.4. The average Bonchev–Trinajstić information content (AvgIpc) is 2.49. The van der Waals surface area contributed by atoms with Gasteiger partial charge in [-0.3, -0.25) is 4.98 Å². The lowest BCUT2D eigenvalue weighted by molar-refractivity contribution is 0.304. The molecule has 4 heteroatoms. The zero-order chi connectivity index (χ0) is 14.2. The van der Waals surface area contributed by atoms with Crippen LogP contribution in [0.2, 0.25) is 0 Å². The highest BCUT2D eigenvalue weighted by molar-refractivity contribution is 6.19. The fraction of sp³-hybridized carbons (Fsp3) is 0.188. The van der Waals surface area contributed by atoms with Gasteiger partial charge in [-0.15, -0.1) is 11.6 Å². The predicted molar refractivity (Wildman–Crippen MR) is 77.4 cm³/mol. The third-order valence-electron chi connectivity index (χ3n) is 2.57. The van der Waals surface area contributed by atoms with Gasteiger partial charge in [0.1, 0.15) is 0 Å². The van der Waals surface area contributed by atoms with Crippen LogP contribution in [-0.4, -0.2) is 17.5 Å². The summed E-state index contributed by atoms with van der Waals surface area (Å²) in [5.74, 6) is 5.59. The third-order valence-corrected chi connectivity index (χ3v) is 2.71. The fourth-order valence-corrected chi connectivity index (χ4v) is 1.71. The molecule has 1 aromatic heterocycles. The Morgan fingerprint density at radius 3 is 2.90 bits per heavy atom. The molecule has 0 aliphatic rings. The number of rotatable bonds is 4. The molecular weight excluding hydrogens is 277 g/mol. The van der Waals surface area contributed by atoms with Gasteiger partial charge in [0.2, 0.25) is 0 Å². The van der Waals surface area contributed by atoms with Gasteiger partial charge in [0.15, 0.2) is 11.6 Å². The Kier molecular flexibility index (Phi) is 5.40. The van der Waals surface area contributed by atoms with Gasteiger partial charge in [0, 0.05) is 23.9 Å². The molecule has 0 aliphatic carbocycles. The number of benzene rings is 1. The number of alkyl halides is 1. The first-order valence-electron chi connectivity index (χ1n) is 6.16. The molecule has 20 heavy (non-hydrogen) atoms. The van der Waals surface area contributed by atoms with Crippen LogP contribution in [0, 0.1) is 17.7 Å². The molecule has 0 saturated heterocycles. The van der Waals surface area contributed by atoms with E-state index in [1.165, 1.54) is 6.07 Å². The van der Waals surface area contributed by atoms with Gasteiger partial charge in [-0.2, -0.15) is 0 Å². The van der Waals surface area contributed by atoms with Crippen LogP contribution in [0.3, 0.4) is 0 Å². The van der Waals surface area contributed by atoms with Crippen LogP contribution in [0.15, 0.2) is 42.6 Å². The molecule has 0 spiro atoms. The molecule has 2 rings (SSSR count). The molecule has 0 fully saturated rings. The van der Waals surface area contributed by atoms with Crippen molar-refractivity contribution in [2.24, 2.45) is 0 Å². The van der Waals surface area contributed by atoms with Crippen LogP contribution in [0.4, 0.5) is 4.39 Å². The maximum absolute atomic E-state index is 13.6. The van der Waals surface area contributed by atoms with Crippen molar-refractivity contribution in [1.82, 2.24) is 4.98 Å². The van der Waals surface area contributed by atoms with Crippen molar-refractivity contribution in [3.63, 3.8) is 0 Å². The van der Waals surface area contributed by atoms with E-state index in [9.17, 15) is 4.39 Å². The molecule has 0 saturated carbocycles. The van der Waals surface area contributed by atoms with Crippen LogP contribution < -0.4 is 4.74 Å². The number of hydrogen-bond acceptors (Lipinski definition) is 2. The summed E-state index contributed by atoms with van der Waals surface area (Å²) in [7, 11) is 0. The predicted octanol–water partition coefficient (Wildman–Crippen LogP) is 3.43. The van der Waals surface area contributed by atoms with Crippen LogP contribution in [0.1, 0.15) is 11.3 Å². The summed E-state index contributed by atoms with van der Waals surface area (Å²) in [6.45, 7) is 0.361. The second-order valence-electron chi connectivity index (χ2n) is 4.00. The minimum atomic E-state index is -0.401. The number of halogens is 2. The van der Waals surface area contributed by atoms with Crippen LogP contribution >= 0.6 is 11.6 Å². The lowest BCUT2D eigenvalue weighted by Gasteiger charge is -2.07. The molecular formula is C16H13ClFNO. The van der Waals surface area contributed by atoms with E-state index in [4.69, 9.17) is 16.3 Å². The topological polar surface area (TPSA) is 22.1 Å². The second-order valence-corrected chi connectivity index (χ2v) is 4.27. The monoisotopic (exact) mass is 289 g/mol. The number of pyridine rings is 1. The molecule has 0 atom stereocenters. The smallest absolute Gasteiger partial charge is 0.165 e. The highest BCUT2D eigenvalue weighted by atomic mass is 35.5. The van der Waals surface area contributed by atoms with E-state index in [1.807, 2.05) is 18.2 Å². The summed E-state index contributed by atoms with van der Waals surface area (Å²) < 4.78 is 19.0. The number of ether oxygens (including phenoxy) is 1. The second kappa shape index (κ2) is 7.52. The highest BCUT2D eigenvalue weighted by Crippen LogP contribution is 2.18. The molecule has 0 amide bonds. The molecule has 0 unspecified atom stereocenters.